The van der Waals surface area contributed by atoms with Crippen LogP contribution in [0.2, 0.25) is 0 Å². The summed E-state index contributed by atoms with van der Waals surface area (Å²) in [4.78, 5) is 12.8. The molecule has 0 aliphatic rings. The van der Waals surface area contributed by atoms with Gasteiger partial charge in [-0.1, -0.05) is 36.4 Å². The zero-order valence-corrected chi connectivity index (χ0v) is 19.0. The first-order valence-electron chi connectivity index (χ1n) is 9.85. The quantitative estimate of drug-likeness (QED) is 0.533. The van der Waals surface area contributed by atoms with Gasteiger partial charge >= 0.3 is 5.97 Å². The van der Waals surface area contributed by atoms with Crippen LogP contribution in [0.1, 0.15) is 33.4 Å². The van der Waals surface area contributed by atoms with Gasteiger partial charge in [0.15, 0.2) is 11.0 Å². The van der Waals surface area contributed by atoms with Gasteiger partial charge in [0.2, 0.25) is 15.7 Å². The third-order valence-corrected chi connectivity index (χ3v) is 6.41. The molecule has 0 spiro atoms. The Kier molecular flexibility index (Phi) is 6.22. The molecule has 3 rings (SSSR count). The summed E-state index contributed by atoms with van der Waals surface area (Å²) in [5, 5.41) is 4.39. The number of hydrogen-bond donors (Lipinski definition) is 0. The molecule has 1 heterocycles. The van der Waals surface area contributed by atoms with Crippen molar-refractivity contribution >= 4 is 15.8 Å². The van der Waals surface area contributed by atoms with Crippen LogP contribution in [0, 0.1) is 6.92 Å². The minimum atomic E-state index is -3.97. The Morgan fingerprint density at radius 3 is 2.10 bits per heavy atom. The first-order valence-corrected chi connectivity index (χ1v) is 11.3. The molecule has 2 aromatic carbocycles. The second-order valence-electron chi connectivity index (χ2n) is 8.11. The van der Waals surface area contributed by atoms with Crippen molar-refractivity contribution in [1.82, 2.24) is 9.78 Å². The molecule has 0 N–H and O–H groups in total. The van der Waals surface area contributed by atoms with Crippen molar-refractivity contribution in [2.24, 2.45) is 0 Å². The topological polar surface area (TPSA) is 87.5 Å². The molecule has 0 fully saturated rings. The highest BCUT2D eigenvalue weighted by molar-refractivity contribution is 7.91. The number of carbonyl (C=O) groups excluding carboxylic acids is 1. The van der Waals surface area contributed by atoms with E-state index in [1.165, 1.54) is 16.8 Å². The summed E-state index contributed by atoms with van der Waals surface area (Å²) in [6.07, 6.45) is -0.960. The van der Waals surface area contributed by atoms with Gasteiger partial charge in [-0.15, -0.1) is 0 Å². The number of para-hydroxylation sites is 1. The third-order valence-electron chi connectivity index (χ3n) is 4.51. The maximum absolute atomic E-state index is 13.4. The normalized spacial score (nSPS) is 12.9. The van der Waals surface area contributed by atoms with Crippen LogP contribution < -0.4 is 9.47 Å². The molecule has 7 nitrogen and oxygen atoms in total. The molecule has 0 amide bonds. The van der Waals surface area contributed by atoms with Crippen molar-refractivity contribution < 1.29 is 22.7 Å². The van der Waals surface area contributed by atoms with E-state index in [0.29, 0.717) is 5.75 Å². The van der Waals surface area contributed by atoms with E-state index < -0.39 is 27.4 Å². The first-order chi connectivity index (χ1) is 14.5. The molecule has 3 aromatic rings. The molecule has 8 heteroatoms. The fraction of sp³-hybridized carbons (Fsp3) is 0.304. The lowest BCUT2D eigenvalue weighted by Gasteiger charge is -2.23. The van der Waals surface area contributed by atoms with Gasteiger partial charge in [-0.05, 0) is 58.9 Å². The summed E-state index contributed by atoms with van der Waals surface area (Å²) < 4.78 is 39.4. The molecular formula is C23H26N2O5S. The van der Waals surface area contributed by atoms with Crippen molar-refractivity contribution in [3.05, 3.63) is 66.4 Å². The van der Waals surface area contributed by atoms with Gasteiger partial charge in [-0.25, -0.2) is 17.9 Å². The largest absolute Gasteiger partial charge is 0.479 e. The molecule has 0 saturated carbocycles. The van der Waals surface area contributed by atoms with Crippen LogP contribution >= 0.6 is 0 Å². The number of hydrogen-bond acceptors (Lipinski definition) is 6. The van der Waals surface area contributed by atoms with E-state index in [4.69, 9.17) is 9.47 Å². The Hall–Kier alpha value is -3.13. The Bertz CT molecular complexity index is 1160. The molecule has 1 aromatic heterocycles. The summed E-state index contributed by atoms with van der Waals surface area (Å²) in [5.74, 6) is -0.342. The second-order valence-corrected chi connectivity index (χ2v) is 10.00. The highest BCUT2D eigenvalue weighted by atomic mass is 32.2. The number of aromatic nitrogens is 2. The highest BCUT2D eigenvalue weighted by Gasteiger charge is 2.35. The van der Waals surface area contributed by atoms with Crippen molar-refractivity contribution in [1.29, 1.82) is 0 Å². The SMILES string of the molecule is Cc1nn(C(C)(C)C)c(OC(=O)[C@H](C)Oc2ccccc2)c1S(=O)(=O)c1ccccc1. The number of rotatable bonds is 6. The summed E-state index contributed by atoms with van der Waals surface area (Å²) >= 11 is 0. The molecule has 164 valence electrons. The second kappa shape index (κ2) is 8.55. The van der Waals surface area contributed by atoms with Gasteiger partial charge < -0.3 is 9.47 Å². The maximum Gasteiger partial charge on any atom is 0.353 e. The molecular weight excluding hydrogens is 416 g/mol. The summed E-state index contributed by atoms with van der Waals surface area (Å²) in [5.41, 5.74) is -0.382. The maximum atomic E-state index is 13.4. The van der Waals surface area contributed by atoms with Crippen molar-refractivity contribution in [2.75, 3.05) is 0 Å². The van der Waals surface area contributed by atoms with E-state index in [2.05, 4.69) is 5.10 Å². The molecule has 0 aliphatic carbocycles. The monoisotopic (exact) mass is 442 g/mol. The van der Waals surface area contributed by atoms with Gasteiger partial charge in [0.1, 0.15) is 5.75 Å². The van der Waals surface area contributed by atoms with Crippen LogP contribution in [0.15, 0.2) is 70.5 Å². The fourth-order valence-corrected chi connectivity index (χ4v) is 4.53. The highest BCUT2D eigenvalue weighted by Crippen LogP contribution is 2.36. The zero-order valence-electron chi connectivity index (χ0n) is 18.2. The van der Waals surface area contributed by atoms with Crippen LogP contribution in [-0.4, -0.2) is 30.3 Å². The standard InChI is InChI=1S/C23H26N2O5S/c1-16-20(31(27,28)19-14-10-7-11-15-19)21(25(24-16)23(3,4)5)30-22(26)17(2)29-18-12-8-6-9-13-18/h6-15,17H,1-5H3/t17-/m0/s1. The minimum Gasteiger partial charge on any atom is -0.479 e. The Balaban J connectivity index is 2.03. The lowest BCUT2D eigenvalue weighted by atomic mass is 10.1. The van der Waals surface area contributed by atoms with E-state index in [9.17, 15) is 13.2 Å². The van der Waals surface area contributed by atoms with E-state index in [-0.39, 0.29) is 21.4 Å². The van der Waals surface area contributed by atoms with Gasteiger partial charge in [0, 0.05) is 0 Å². The number of esters is 1. The Morgan fingerprint density at radius 1 is 1.00 bits per heavy atom. The predicted octanol–water partition coefficient (Wildman–Crippen LogP) is 4.15. The molecule has 31 heavy (non-hydrogen) atoms. The van der Waals surface area contributed by atoms with Crippen molar-refractivity contribution in [2.45, 2.75) is 56.1 Å². The van der Waals surface area contributed by atoms with E-state index in [0.717, 1.165) is 0 Å². The van der Waals surface area contributed by atoms with Crippen molar-refractivity contribution in [3.8, 4) is 11.6 Å². The zero-order chi connectivity index (χ0) is 22.8. The van der Waals surface area contributed by atoms with Crippen LogP contribution in [0.25, 0.3) is 0 Å². The summed E-state index contributed by atoms with van der Waals surface area (Å²) in [6, 6.07) is 16.8. The molecule has 0 saturated heterocycles. The molecule has 0 aliphatic heterocycles. The number of sulfone groups is 1. The van der Waals surface area contributed by atoms with Crippen LogP contribution in [0.3, 0.4) is 0 Å². The number of ether oxygens (including phenoxy) is 2. The third kappa shape index (κ3) is 4.80. The number of aryl methyl sites for hydroxylation is 1. The van der Waals surface area contributed by atoms with Crippen molar-refractivity contribution in [3.63, 3.8) is 0 Å². The molecule has 0 radical (unpaired) electrons. The lowest BCUT2D eigenvalue weighted by Crippen LogP contribution is -2.32. The smallest absolute Gasteiger partial charge is 0.353 e. The minimum absolute atomic E-state index is 0.0949. The Morgan fingerprint density at radius 2 is 1.55 bits per heavy atom. The Labute approximate surface area is 182 Å². The summed E-state index contributed by atoms with van der Waals surface area (Å²) in [7, 11) is -3.97. The first kappa shape index (κ1) is 22.6. The molecule has 1 atom stereocenters. The van der Waals surface area contributed by atoms with Crippen LogP contribution in [-0.2, 0) is 20.2 Å². The van der Waals surface area contributed by atoms with Crippen LogP contribution in [0.4, 0.5) is 0 Å². The van der Waals surface area contributed by atoms with Gasteiger partial charge in [0.25, 0.3) is 0 Å². The van der Waals surface area contributed by atoms with Gasteiger partial charge in [-0.3, -0.25) is 0 Å². The summed E-state index contributed by atoms with van der Waals surface area (Å²) in [6.45, 7) is 8.67. The average molecular weight is 443 g/mol. The van der Waals surface area contributed by atoms with Crippen LogP contribution in [0.5, 0.6) is 11.6 Å². The van der Waals surface area contributed by atoms with Gasteiger partial charge in [-0.2, -0.15) is 5.10 Å². The fourth-order valence-electron chi connectivity index (χ4n) is 2.99. The molecule has 0 unspecified atom stereocenters. The lowest BCUT2D eigenvalue weighted by molar-refractivity contribution is -0.142. The van der Waals surface area contributed by atoms with Gasteiger partial charge in [0.05, 0.1) is 16.1 Å². The molecule has 0 bridgehead atoms. The van der Waals surface area contributed by atoms with E-state index in [1.54, 1.807) is 56.3 Å². The number of carbonyl (C=O) groups is 1. The van der Waals surface area contributed by atoms with E-state index >= 15 is 0 Å². The van der Waals surface area contributed by atoms with E-state index in [1.807, 2.05) is 26.8 Å². The number of benzene rings is 2. The predicted molar refractivity (Wildman–Crippen MR) is 116 cm³/mol. The number of nitrogens with zero attached hydrogens (tertiary/aromatic N) is 2. The average Bonchev–Trinajstić information content (AvgIpc) is 3.06.